The summed E-state index contributed by atoms with van der Waals surface area (Å²) < 4.78 is 86.7. The van der Waals surface area contributed by atoms with Gasteiger partial charge in [-0.1, -0.05) is 6.92 Å². The van der Waals surface area contributed by atoms with Gasteiger partial charge in [-0.15, -0.1) is 0 Å². The molecule has 8 nitrogen and oxygen atoms in total. The van der Waals surface area contributed by atoms with Crippen molar-refractivity contribution >= 4 is 33.3 Å². The van der Waals surface area contributed by atoms with E-state index < -0.39 is 44.7 Å². The third kappa shape index (κ3) is 7.53. The van der Waals surface area contributed by atoms with Crippen LogP contribution >= 0.6 is 0 Å². The third-order valence-corrected chi connectivity index (χ3v) is 6.42. The van der Waals surface area contributed by atoms with E-state index in [2.05, 4.69) is 11.6 Å². The third-order valence-electron chi connectivity index (χ3n) is 5.04. The summed E-state index contributed by atoms with van der Waals surface area (Å²) in [4.78, 5) is 21.3. The van der Waals surface area contributed by atoms with Crippen LogP contribution in [0.2, 0.25) is 0 Å². The number of piperidine rings is 1. The highest BCUT2D eigenvalue weighted by molar-refractivity contribution is 7.92. The molecule has 0 aromatic heterocycles. The van der Waals surface area contributed by atoms with Crippen molar-refractivity contribution in [1.82, 2.24) is 0 Å². The number of carboxylic acid groups (broad SMARTS) is 2. The van der Waals surface area contributed by atoms with Crippen molar-refractivity contribution in [1.29, 1.82) is 0 Å². The molecule has 0 atom stereocenters. The van der Waals surface area contributed by atoms with Crippen molar-refractivity contribution in [3.63, 3.8) is 0 Å². The van der Waals surface area contributed by atoms with Gasteiger partial charge in [0.25, 0.3) is 10.0 Å². The zero-order valence-corrected chi connectivity index (χ0v) is 19.0. The summed E-state index contributed by atoms with van der Waals surface area (Å²) >= 11 is 0. The average Bonchev–Trinajstić information content (AvgIpc) is 2.75. The minimum absolute atomic E-state index is 0.0121. The van der Waals surface area contributed by atoms with Crippen LogP contribution in [0.4, 0.5) is 33.3 Å². The lowest BCUT2D eigenvalue weighted by molar-refractivity contribution is -0.192. The largest absolute Gasteiger partial charge is 0.490 e. The molecule has 1 heterocycles. The van der Waals surface area contributed by atoms with Crippen molar-refractivity contribution in [3.05, 3.63) is 53.6 Å². The van der Waals surface area contributed by atoms with Crippen LogP contribution in [-0.4, -0.2) is 49.8 Å². The van der Waals surface area contributed by atoms with E-state index in [1.165, 1.54) is 18.2 Å². The number of halogens is 5. The molecule has 1 aliphatic heterocycles. The summed E-state index contributed by atoms with van der Waals surface area (Å²) in [6.45, 7) is 3.48. The molecular weight excluding hydrogens is 503 g/mol. The molecule has 2 aromatic rings. The van der Waals surface area contributed by atoms with Crippen molar-refractivity contribution in [2.24, 2.45) is 5.92 Å². The molecule has 0 radical (unpaired) electrons. The Labute approximate surface area is 197 Å². The molecule has 0 unspecified atom stereocenters. The Morgan fingerprint density at radius 3 is 2.11 bits per heavy atom. The van der Waals surface area contributed by atoms with Crippen molar-refractivity contribution in [2.75, 3.05) is 22.7 Å². The van der Waals surface area contributed by atoms with E-state index in [4.69, 9.17) is 9.90 Å². The van der Waals surface area contributed by atoms with Gasteiger partial charge in [0.05, 0.1) is 16.9 Å². The maximum absolute atomic E-state index is 14.0. The molecular formula is C21H21F5N2O6S. The Hall–Kier alpha value is -3.42. The van der Waals surface area contributed by atoms with E-state index >= 15 is 0 Å². The van der Waals surface area contributed by atoms with E-state index in [0.29, 0.717) is 30.8 Å². The van der Waals surface area contributed by atoms with Gasteiger partial charge in [0.2, 0.25) is 0 Å². The lowest BCUT2D eigenvalue weighted by atomic mass is 9.98. The number of nitrogens with one attached hydrogen (secondary N) is 1. The number of rotatable bonds is 5. The predicted octanol–water partition coefficient (Wildman–Crippen LogP) is 4.33. The lowest BCUT2D eigenvalue weighted by Gasteiger charge is -2.33. The SMILES string of the molecule is CC1CCN(c2ccc(C(=O)O)cc2NS(=O)(=O)c2cc(F)ccc2F)CC1.O=C(O)C(F)(F)F. The summed E-state index contributed by atoms with van der Waals surface area (Å²) in [5.74, 6) is -5.44. The van der Waals surface area contributed by atoms with E-state index in [-0.39, 0.29) is 11.3 Å². The highest BCUT2D eigenvalue weighted by Gasteiger charge is 2.38. The van der Waals surface area contributed by atoms with Crippen LogP contribution < -0.4 is 9.62 Å². The number of alkyl halides is 3. The highest BCUT2D eigenvalue weighted by atomic mass is 32.2. The monoisotopic (exact) mass is 524 g/mol. The number of hydrogen-bond acceptors (Lipinski definition) is 5. The quantitative estimate of drug-likeness (QED) is 0.498. The second-order valence-electron chi connectivity index (χ2n) is 7.69. The number of anilines is 2. The number of aliphatic carboxylic acids is 1. The Morgan fingerprint density at radius 1 is 1.03 bits per heavy atom. The molecule has 2 aromatic carbocycles. The zero-order valence-electron chi connectivity index (χ0n) is 18.1. The number of aromatic carboxylic acids is 1. The van der Waals surface area contributed by atoms with Crippen LogP contribution in [-0.2, 0) is 14.8 Å². The van der Waals surface area contributed by atoms with Crippen molar-refractivity contribution < 1.29 is 50.2 Å². The van der Waals surface area contributed by atoms with Crippen LogP contribution in [0.3, 0.4) is 0 Å². The first-order valence-corrected chi connectivity index (χ1v) is 11.5. The van der Waals surface area contributed by atoms with Gasteiger partial charge in [0, 0.05) is 13.1 Å². The maximum atomic E-state index is 14.0. The van der Waals surface area contributed by atoms with Gasteiger partial charge in [-0.25, -0.2) is 26.8 Å². The summed E-state index contributed by atoms with van der Waals surface area (Å²) in [5.41, 5.74) is 0.391. The topological polar surface area (TPSA) is 124 Å². The number of benzene rings is 2. The van der Waals surface area contributed by atoms with E-state index in [1.807, 2.05) is 4.90 Å². The van der Waals surface area contributed by atoms with Gasteiger partial charge in [0.1, 0.15) is 16.5 Å². The van der Waals surface area contributed by atoms with Gasteiger partial charge < -0.3 is 15.1 Å². The number of carboxylic acids is 2. The zero-order chi connectivity index (χ0) is 26.6. The second-order valence-corrected chi connectivity index (χ2v) is 9.34. The van der Waals surface area contributed by atoms with Crippen molar-refractivity contribution in [3.8, 4) is 0 Å². The van der Waals surface area contributed by atoms with Crippen LogP contribution in [0.5, 0.6) is 0 Å². The average molecular weight is 524 g/mol. The Bertz CT molecular complexity index is 1200. The van der Waals surface area contributed by atoms with Gasteiger partial charge in [-0.05, 0) is 55.2 Å². The molecule has 3 N–H and O–H groups in total. The number of nitrogens with zero attached hydrogens (tertiary/aromatic N) is 1. The predicted molar refractivity (Wildman–Crippen MR) is 115 cm³/mol. The van der Waals surface area contributed by atoms with Crippen LogP contribution in [0.25, 0.3) is 0 Å². The molecule has 0 bridgehead atoms. The standard InChI is InChI=1S/C19H20F2N2O4S.C2HF3O2/c1-12-6-8-23(9-7-12)17-5-2-13(19(24)25)10-16(17)22-28(26,27)18-11-14(20)3-4-15(18)21;3-2(4,5)1(6)7/h2-5,10-12,22H,6-9H2,1H3,(H,24,25);(H,6,7). The molecule has 14 heteroatoms. The molecule has 0 amide bonds. The first kappa shape index (κ1) is 27.8. The fraction of sp³-hybridized carbons (Fsp3) is 0.333. The normalized spacial score (nSPS) is 14.6. The molecule has 3 rings (SSSR count). The molecule has 0 aliphatic carbocycles. The Balaban J connectivity index is 0.000000540. The molecule has 35 heavy (non-hydrogen) atoms. The molecule has 1 aliphatic rings. The fourth-order valence-corrected chi connectivity index (χ4v) is 4.31. The maximum Gasteiger partial charge on any atom is 0.490 e. The summed E-state index contributed by atoms with van der Waals surface area (Å²) in [6, 6.07) is 6.23. The van der Waals surface area contributed by atoms with Gasteiger partial charge in [-0.3, -0.25) is 4.72 Å². The van der Waals surface area contributed by atoms with Gasteiger partial charge in [0.15, 0.2) is 0 Å². The number of carbonyl (C=O) groups is 2. The fourth-order valence-electron chi connectivity index (χ4n) is 3.16. The molecule has 0 spiro atoms. The van der Waals surface area contributed by atoms with Crippen molar-refractivity contribution in [2.45, 2.75) is 30.8 Å². The van der Waals surface area contributed by atoms with Crippen LogP contribution in [0, 0.1) is 17.6 Å². The molecule has 1 fully saturated rings. The van der Waals surface area contributed by atoms with E-state index in [0.717, 1.165) is 25.0 Å². The van der Waals surface area contributed by atoms with Crippen LogP contribution in [0.1, 0.15) is 30.1 Å². The summed E-state index contributed by atoms with van der Waals surface area (Å²) in [6.07, 6.45) is -3.27. The smallest absolute Gasteiger partial charge is 0.478 e. The molecule has 1 saturated heterocycles. The van der Waals surface area contributed by atoms with Crippen LogP contribution in [0.15, 0.2) is 41.3 Å². The Morgan fingerprint density at radius 2 is 1.60 bits per heavy atom. The van der Waals surface area contributed by atoms with E-state index in [9.17, 15) is 40.3 Å². The first-order chi connectivity index (χ1) is 16.1. The summed E-state index contributed by atoms with van der Waals surface area (Å²) in [5, 5.41) is 16.4. The molecule has 0 saturated carbocycles. The van der Waals surface area contributed by atoms with Gasteiger partial charge in [-0.2, -0.15) is 13.2 Å². The van der Waals surface area contributed by atoms with Gasteiger partial charge >= 0.3 is 18.1 Å². The van der Waals surface area contributed by atoms with E-state index in [1.54, 1.807) is 0 Å². The number of sulfonamides is 1. The minimum atomic E-state index is -5.08. The lowest BCUT2D eigenvalue weighted by Crippen LogP contribution is -2.33. The number of hydrogen-bond donors (Lipinski definition) is 3. The Kier molecular flexibility index (Phi) is 8.65. The highest BCUT2D eigenvalue weighted by Crippen LogP contribution is 2.33. The summed E-state index contributed by atoms with van der Waals surface area (Å²) in [7, 11) is -4.47. The molecule has 192 valence electrons. The minimum Gasteiger partial charge on any atom is -0.478 e. The first-order valence-electron chi connectivity index (χ1n) is 10.0. The second kappa shape index (κ2) is 10.9.